The summed E-state index contributed by atoms with van der Waals surface area (Å²) in [6.07, 6.45) is 4.20. The standard InChI is InChI=1S/C26H20N2.C4H6.2C2H6/c1-28-25-12-5-3-9-21(25)22-10-6-7-18(26(22)28)15-17-13-14-20-19-8-2-4-11-23(19)27-24(20)16-17;1-3-4-2;2*1-2/h2-14,16,27H,15H2,1H3;3-4H,1-2H2;2*1-2H3. The molecule has 0 aliphatic carbocycles. The molecule has 0 aliphatic heterocycles. The van der Waals surface area contributed by atoms with Crippen LogP contribution in [0.5, 0.6) is 0 Å². The summed E-state index contributed by atoms with van der Waals surface area (Å²) in [6.45, 7) is 14.7. The summed E-state index contributed by atoms with van der Waals surface area (Å²) in [5, 5.41) is 5.25. The zero-order valence-electron chi connectivity index (χ0n) is 22.3. The van der Waals surface area contributed by atoms with E-state index in [2.05, 4.69) is 115 Å². The van der Waals surface area contributed by atoms with Crippen molar-refractivity contribution in [3.05, 3.63) is 121 Å². The van der Waals surface area contributed by atoms with Gasteiger partial charge in [-0.2, -0.15) is 0 Å². The molecule has 0 saturated heterocycles. The largest absolute Gasteiger partial charge is 0.355 e. The maximum absolute atomic E-state index is 3.57. The maximum atomic E-state index is 3.57. The van der Waals surface area contributed by atoms with Crippen LogP contribution in [0.1, 0.15) is 38.8 Å². The number of fused-ring (bicyclic) bond motifs is 6. The maximum Gasteiger partial charge on any atom is 0.0524 e. The third-order valence-corrected chi connectivity index (χ3v) is 6.14. The van der Waals surface area contributed by atoms with E-state index < -0.39 is 0 Å². The van der Waals surface area contributed by atoms with Crippen LogP contribution in [0.3, 0.4) is 0 Å². The number of aryl methyl sites for hydroxylation is 1. The third-order valence-electron chi connectivity index (χ3n) is 6.14. The minimum absolute atomic E-state index is 0.923. The van der Waals surface area contributed by atoms with Gasteiger partial charge < -0.3 is 9.55 Å². The van der Waals surface area contributed by atoms with Gasteiger partial charge in [-0.3, -0.25) is 0 Å². The molecule has 0 amide bonds. The number of benzene rings is 4. The van der Waals surface area contributed by atoms with Gasteiger partial charge in [-0.25, -0.2) is 0 Å². The van der Waals surface area contributed by atoms with Gasteiger partial charge in [-0.15, -0.1) is 0 Å². The topological polar surface area (TPSA) is 20.7 Å². The second-order valence-electron chi connectivity index (χ2n) is 8.09. The van der Waals surface area contributed by atoms with Crippen molar-refractivity contribution in [2.75, 3.05) is 0 Å². The summed E-state index contributed by atoms with van der Waals surface area (Å²) in [5.74, 6) is 0. The minimum atomic E-state index is 0.923. The van der Waals surface area contributed by atoms with E-state index in [1.54, 1.807) is 12.2 Å². The second kappa shape index (κ2) is 12.6. The molecule has 2 nitrogen and oxygen atoms in total. The zero-order chi connectivity index (χ0) is 26.1. The van der Waals surface area contributed by atoms with E-state index in [1.807, 2.05) is 27.7 Å². The number of para-hydroxylation sites is 3. The number of hydrogen-bond donors (Lipinski definition) is 1. The van der Waals surface area contributed by atoms with Crippen molar-refractivity contribution in [1.82, 2.24) is 9.55 Å². The van der Waals surface area contributed by atoms with E-state index in [9.17, 15) is 0 Å². The lowest BCUT2D eigenvalue weighted by Gasteiger charge is -2.07. The predicted molar refractivity (Wildman–Crippen MR) is 162 cm³/mol. The monoisotopic (exact) mass is 474 g/mol. The van der Waals surface area contributed by atoms with Gasteiger partial charge in [0.2, 0.25) is 0 Å². The first kappa shape index (κ1) is 26.6. The highest BCUT2D eigenvalue weighted by molar-refractivity contribution is 6.09. The number of aromatic nitrogens is 2. The van der Waals surface area contributed by atoms with Gasteiger partial charge in [-0.05, 0) is 35.7 Å². The lowest BCUT2D eigenvalue weighted by atomic mass is 10.0. The Bertz CT molecular complexity index is 1590. The van der Waals surface area contributed by atoms with Crippen LogP contribution in [0, 0.1) is 0 Å². The summed E-state index contributed by atoms with van der Waals surface area (Å²) >= 11 is 0. The highest BCUT2D eigenvalue weighted by atomic mass is 14.9. The van der Waals surface area contributed by atoms with Gasteiger partial charge in [-0.1, -0.05) is 120 Å². The van der Waals surface area contributed by atoms with Crippen LogP contribution in [0.2, 0.25) is 0 Å². The van der Waals surface area contributed by atoms with Crippen LogP contribution in [0.25, 0.3) is 43.6 Å². The first-order chi connectivity index (χ1) is 17.7. The Hall–Kier alpha value is -4.04. The quantitative estimate of drug-likeness (QED) is 0.246. The number of H-pyrrole nitrogens is 1. The summed E-state index contributed by atoms with van der Waals surface area (Å²) < 4.78 is 2.33. The van der Waals surface area contributed by atoms with Crippen molar-refractivity contribution < 1.29 is 0 Å². The van der Waals surface area contributed by atoms with Gasteiger partial charge in [0.25, 0.3) is 0 Å². The molecule has 0 atom stereocenters. The molecule has 4 aromatic carbocycles. The van der Waals surface area contributed by atoms with Gasteiger partial charge in [0, 0.05) is 45.1 Å². The molecular formula is C34H38N2. The van der Waals surface area contributed by atoms with Crippen molar-refractivity contribution >= 4 is 43.6 Å². The molecule has 0 spiro atoms. The molecule has 2 aromatic heterocycles. The van der Waals surface area contributed by atoms with Crippen LogP contribution in [-0.2, 0) is 13.5 Å². The van der Waals surface area contributed by atoms with Crippen molar-refractivity contribution in [2.24, 2.45) is 7.05 Å². The van der Waals surface area contributed by atoms with Gasteiger partial charge in [0.15, 0.2) is 0 Å². The van der Waals surface area contributed by atoms with E-state index >= 15 is 0 Å². The molecule has 6 rings (SSSR count). The summed E-state index contributed by atoms with van der Waals surface area (Å²) in [5.41, 5.74) is 7.73. The van der Waals surface area contributed by atoms with Crippen LogP contribution < -0.4 is 0 Å². The molecule has 0 bridgehead atoms. The fourth-order valence-electron chi connectivity index (χ4n) is 4.69. The van der Waals surface area contributed by atoms with Gasteiger partial charge >= 0.3 is 0 Å². The van der Waals surface area contributed by atoms with Crippen molar-refractivity contribution in [2.45, 2.75) is 34.1 Å². The van der Waals surface area contributed by atoms with Crippen molar-refractivity contribution in [1.29, 1.82) is 0 Å². The SMILES string of the molecule is C=CC=C.CC.CC.Cn1c2ccccc2c2cccc(Cc3ccc4c(c3)[nH]c3ccccc34)c21. The molecule has 6 aromatic rings. The van der Waals surface area contributed by atoms with Crippen LogP contribution >= 0.6 is 0 Å². The molecule has 0 radical (unpaired) electrons. The van der Waals surface area contributed by atoms with Crippen LogP contribution in [0.15, 0.2) is 110 Å². The van der Waals surface area contributed by atoms with Crippen LogP contribution in [0.4, 0.5) is 0 Å². The predicted octanol–water partition coefficient (Wildman–Crippen LogP) is 9.97. The second-order valence-corrected chi connectivity index (χ2v) is 8.09. The number of nitrogens with zero attached hydrogens (tertiary/aromatic N) is 1. The molecule has 0 aliphatic rings. The van der Waals surface area contributed by atoms with Gasteiger partial charge in [0.1, 0.15) is 0 Å². The Morgan fingerprint density at radius 2 is 1.28 bits per heavy atom. The molecule has 0 saturated carbocycles. The average Bonchev–Trinajstić information content (AvgIpc) is 3.46. The molecule has 0 unspecified atom stereocenters. The number of aromatic amines is 1. The number of nitrogens with one attached hydrogen (secondary N) is 1. The van der Waals surface area contributed by atoms with E-state index in [-0.39, 0.29) is 0 Å². The van der Waals surface area contributed by atoms with E-state index in [0.717, 1.165) is 6.42 Å². The lowest BCUT2D eigenvalue weighted by molar-refractivity contribution is 1.00. The molecule has 184 valence electrons. The summed E-state index contributed by atoms with van der Waals surface area (Å²) in [7, 11) is 2.18. The third kappa shape index (κ3) is 5.13. The Morgan fingerprint density at radius 1 is 0.667 bits per heavy atom. The Morgan fingerprint density at radius 3 is 2.00 bits per heavy atom. The molecule has 1 N–H and O–H groups in total. The first-order valence-electron chi connectivity index (χ1n) is 12.9. The fraction of sp³-hybridized carbons (Fsp3) is 0.176. The molecule has 36 heavy (non-hydrogen) atoms. The molecular weight excluding hydrogens is 436 g/mol. The van der Waals surface area contributed by atoms with Crippen LogP contribution in [-0.4, -0.2) is 9.55 Å². The number of rotatable bonds is 3. The number of allylic oxidation sites excluding steroid dienone is 2. The minimum Gasteiger partial charge on any atom is -0.355 e. The van der Waals surface area contributed by atoms with Gasteiger partial charge in [0.05, 0.1) is 5.52 Å². The summed E-state index contributed by atoms with van der Waals surface area (Å²) in [6, 6.07) is 30.7. The zero-order valence-corrected chi connectivity index (χ0v) is 22.3. The van der Waals surface area contributed by atoms with Crippen molar-refractivity contribution in [3.8, 4) is 0 Å². The molecule has 0 fully saturated rings. The fourth-order valence-corrected chi connectivity index (χ4v) is 4.69. The normalized spacial score (nSPS) is 10.1. The first-order valence-corrected chi connectivity index (χ1v) is 12.9. The van der Waals surface area contributed by atoms with E-state index in [4.69, 9.17) is 0 Å². The Kier molecular flexibility index (Phi) is 9.30. The summed E-state index contributed by atoms with van der Waals surface area (Å²) in [4.78, 5) is 3.57. The Labute approximate surface area is 215 Å². The Balaban J connectivity index is 0.000000406. The van der Waals surface area contributed by atoms with E-state index in [0.29, 0.717) is 0 Å². The highest BCUT2D eigenvalue weighted by Gasteiger charge is 2.12. The smallest absolute Gasteiger partial charge is 0.0524 e. The molecule has 2 heteroatoms. The highest BCUT2D eigenvalue weighted by Crippen LogP contribution is 2.32. The molecule has 2 heterocycles. The number of hydrogen-bond acceptors (Lipinski definition) is 0. The average molecular weight is 475 g/mol. The van der Waals surface area contributed by atoms with E-state index in [1.165, 1.54) is 54.7 Å². The lowest BCUT2D eigenvalue weighted by Crippen LogP contribution is -1.94. The van der Waals surface area contributed by atoms with Crippen molar-refractivity contribution in [3.63, 3.8) is 0 Å².